The van der Waals surface area contributed by atoms with Crippen molar-refractivity contribution in [3.05, 3.63) is 42.0 Å². The van der Waals surface area contributed by atoms with Gasteiger partial charge >= 0.3 is 0 Å². The first-order valence-corrected chi connectivity index (χ1v) is 9.35. The second-order valence-corrected chi connectivity index (χ2v) is 6.60. The fourth-order valence-electron chi connectivity index (χ4n) is 2.26. The monoisotopic (exact) mass is 372 g/mol. The number of hydrogen-bond donors (Lipinski definition) is 5. The van der Waals surface area contributed by atoms with E-state index in [4.69, 9.17) is 9.84 Å². The van der Waals surface area contributed by atoms with Gasteiger partial charge in [-0.3, -0.25) is 0 Å². The van der Waals surface area contributed by atoms with Crippen LogP contribution >= 0.6 is 11.8 Å². The summed E-state index contributed by atoms with van der Waals surface area (Å²) in [5.41, 5.74) is 0.918. The van der Waals surface area contributed by atoms with Gasteiger partial charge in [-0.1, -0.05) is 24.3 Å². The second kappa shape index (κ2) is 11.6. The Balaban J connectivity index is 2.74. The van der Waals surface area contributed by atoms with E-state index >= 15 is 0 Å². The predicted molar refractivity (Wildman–Crippen MR) is 97.3 cm³/mol. The summed E-state index contributed by atoms with van der Waals surface area (Å²) >= 11 is 1.63. The number of rotatable bonds is 11. The van der Waals surface area contributed by atoms with E-state index in [0.29, 0.717) is 6.42 Å². The molecule has 6 nitrogen and oxygen atoms in total. The van der Waals surface area contributed by atoms with Gasteiger partial charge in [0.25, 0.3) is 0 Å². The van der Waals surface area contributed by atoms with Crippen LogP contribution in [0.5, 0.6) is 0 Å². The molecule has 7 heteroatoms. The minimum atomic E-state index is -1.67. The third-order valence-corrected chi connectivity index (χ3v) is 4.63. The quantitative estimate of drug-likeness (QED) is 0.287. The van der Waals surface area contributed by atoms with E-state index in [9.17, 15) is 20.4 Å². The number of aliphatic hydroxyl groups excluding tert-OH is 5. The van der Waals surface area contributed by atoms with Crippen molar-refractivity contribution in [3.8, 4) is 0 Å². The smallest absolute Gasteiger partial charge is 0.111 e. The average Bonchev–Trinajstić information content (AvgIpc) is 2.66. The average molecular weight is 372 g/mol. The molecule has 0 aliphatic carbocycles. The Bertz CT molecular complexity index is 507. The molecule has 5 unspecified atom stereocenters. The van der Waals surface area contributed by atoms with Crippen LogP contribution in [-0.4, -0.2) is 68.9 Å². The number of thioether (sulfide) groups is 1. The van der Waals surface area contributed by atoms with Crippen LogP contribution in [0.1, 0.15) is 18.9 Å². The lowest BCUT2D eigenvalue weighted by molar-refractivity contribution is -0.152. The highest BCUT2D eigenvalue weighted by Crippen LogP contribution is 2.18. The Labute approximate surface area is 152 Å². The Hall–Kier alpha value is -0.930. The van der Waals surface area contributed by atoms with Crippen LogP contribution in [0.4, 0.5) is 0 Å². The summed E-state index contributed by atoms with van der Waals surface area (Å²) in [5.74, 6) is 0. The molecule has 25 heavy (non-hydrogen) atoms. The SMILES string of the molecule is CC=CCC(OCc1ccc(SC)cc1)C(O)C(O)C(O)C(O)CO. The van der Waals surface area contributed by atoms with Gasteiger partial charge < -0.3 is 30.3 Å². The van der Waals surface area contributed by atoms with Crippen LogP contribution in [0.15, 0.2) is 41.3 Å². The van der Waals surface area contributed by atoms with E-state index in [1.54, 1.807) is 23.9 Å². The number of hydrogen-bond acceptors (Lipinski definition) is 7. The summed E-state index contributed by atoms with van der Waals surface area (Å²) in [4.78, 5) is 1.13. The Morgan fingerprint density at radius 2 is 1.68 bits per heavy atom. The van der Waals surface area contributed by atoms with Gasteiger partial charge in [0.1, 0.15) is 24.4 Å². The van der Waals surface area contributed by atoms with E-state index < -0.39 is 37.1 Å². The van der Waals surface area contributed by atoms with Gasteiger partial charge in [-0.25, -0.2) is 0 Å². The van der Waals surface area contributed by atoms with Crippen LogP contribution < -0.4 is 0 Å². The zero-order valence-corrected chi connectivity index (χ0v) is 15.3. The second-order valence-electron chi connectivity index (χ2n) is 5.72. The number of allylic oxidation sites excluding steroid dienone is 1. The summed E-state index contributed by atoms with van der Waals surface area (Å²) in [7, 11) is 0. The van der Waals surface area contributed by atoms with Crippen molar-refractivity contribution < 1.29 is 30.3 Å². The summed E-state index contributed by atoms with van der Waals surface area (Å²) < 4.78 is 5.73. The van der Waals surface area contributed by atoms with Gasteiger partial charge in [-0.05, 0) is 37.3 Å². The first kappa shape index (κ1) is 22.1. The summed E-state index contributed by atoms with van der Waals surface area (Å²) in [5, 5.41) is 48.4. The topological polar surface area (TPSA) is 110 Å². The maximum Gasteiger partial charge on any atom is 0.111 e. The molecule has 5 N–H and O–H groups in total. The van der Waals surface area contributed by atoms with Crippen LogP contribution in [-0.2, 0) is 11.3 Å². The van der Waals surface area contributed by atoms with Crippen molar-refractivity contribution in [1.29, 1.82) is 0 Å². The fourth-order valence-corrected chi connectivity index (χ4v) is 2.67. The molecule has 0 fully saturated rings. The molecule has 0 amide bonds. The molecule has 142 valence electrons. The van der Waals surface area contributed by atoms with Gasteiger partial charge in [0.05, 0.1) is 19.3 Å². The third-order valence-electron chi connectivity index (χ3n) is 3.89. The molecule has 0 saturated heterocycles. The molecule has 1 rings (SSSR count). The van der Waals surface area contributed by atoms with E-state index in [2.05, 4.69) is 0 Å². The van der Waals surface area contributed by atoms with Crippen LogP contribution in [0, 0.1) is 0 Å². The molecular formula is C18H28O6S. The van der Waals surface area contributed by atoms with E-state index in [-0.39, 0.29) is 6.61 Å². The van der Waals surface area contributed by atoms with Gasteiger partial charge in [0, 0.05) is 4.90 Å². The predicted octanol–water partition coefficient (Wildman–Crippen LogP) is 0.696. The minimum Gasteiger partial charge on any atom is -0.394 e. The maximum atomic E-state index is 10.3. The largest absolute Gasteiger partial charge is 0.394 e. The first-order chi connectivity index (χ1) is 11.9. The zero-order chi connectivity index (χ0) is 18.8. The Morgan fingerprint density at radius 1 is 1.04 bits per heavy atom. The summed E-state index contributed by atoms with van der Waals surface area (Å²) in [6, 6.07) is 7.78. The van der Waals surface area contributed by atoms with Crippen molar-refractivity contribution in [1.82, 2.24) is 0 Å². The van der Waals surface area contributed by atoms with Crippen LogP contribution in [0.25, 0.3) is 0 Å². The van der Waals surface area contributed by atoms with Crippen molar-refractivity contribution >= 4 is 11.8 Å². The molecule has 0 heterocycles. The van der Waals surface area contributed by atoms with Crippen molar-refractivity contribution in [3.63, 3.8) is 0 Å². The molecule has 5 atom stereocenters. The first-order valence-electron chi connectivity index (χ1n) is 8.13. The number of aliphatic hydroxyl groups is 5. The van der Waals surface area contributed by atoms with Gasteiger partial charge in [0.15, 0.2) is 0 Å². The normalized spacial score (nSPS) is 18.0. The van der Waals surface area contributed by atoms with Crippen molar-refractivity contribution in [2.45, 2.75) is 55.4 Å². The molecule has 0 aromatic heterocycles. The van der Waals surface area contributed by atoms with E-state index in [1.807, 2.05) is 37.4 Å². The van der Waals surface area contributed by atoms with E-state index in [1.165, 1.54) is 0 Å². The molecule has 0 saturated carbocycles. The highest BCUT2D eigenvalue weighted by molar-refractivity contribution is 7.98. The van der Waals surface area contributed by atoms with Gasteiger partial charge in [0.2, 0.25) is 0 Å². The van der Waals surface area contributed by atoms with E-state index in [0.717, 1.165) is 10.5 Å². The Kier molecular flexibility index (Phi) is 10.3. The summed E-state index contributed by atoms with van der Waals surface area (Å²) in [6.45, 7) is 1.35. The molecule has 0 radical (unpaired) electrons. The molecule has 0 spiro atoms. The van der Waals surface area contributed by atoms with Crippen molar-refractivity contribution in [2.75, 3.05) is 12.9 Å². The lowest BCUT2D eigenvalue weighted by atomic mass is 9.97. The number of ether oxygens (including phenoxy) is 1. The summed E-state index contributed by atoms with van der Waals surface area (Å²) in [6.07, 6.45) is -1.14. The standard InChI is InChI=1S/C18H28O6S/c1-3-4-5-15(17(22)18(23)16(21)14(20)10-19)24-11-12-6-8-13(25-2)9-7-12/h3-4,6-9,14-23H,5,10-11H2,1-2H3. The molecular weight excluding hydrogens is 344 g/mol. The van der Waals surface area contributed by atoms with Crippen LogP contribution in [0.3, 0.4) is 0 Å². The maximum absolute atomic E-state index is 10.3. The molecule has 0 aliphatic heterocycles. The Morgan fingerprint density at radius 3 is 2.20 bits per heavy atom. The highest BCUT2D eigenvalue weighted by atomic mass is 32.2. The highest BCUT2D eigenvalue weighted by Gasteiger charge is 2.34. The van der Waals surface area contributed by atoms with Gasteiger partial charge in [-0.2, -0.15) is 0 Å². The number of benzene rings is 1. The lowest BCUT2D eigenvalue weighted by Crippen LogP contribution is -2.50. The molecule has 0 bridgehead atoms. The van der Waals surface area contributed by atoms with Crippen molar-refractivity contribution in [2.24, 2.45) is 0 Å². The molecule has 1 aromatic rings. The van der Waals surface area contributed by atoms with Crippen LogP contribution in [0.2, 0.25) is 0 Å². The fraction of sp³-hybridized carbons (Fsp3) is 0.556. The molecule has 1 aromatic carbocycles. The third kappa shape index (κ3) is 7.07. The van der Waals surface area contributed by atoms with Gasteiger partial charge in [-0.15, -0.1) is 11.8 Å². The molecule has 0 aliphatic rings. The lowest BCUT2D eigenvalue weighted by Gasteiger charge is -2.30. The zero-order valence-electron chi connectivity index (χ0n) is 14.5. The minimum absolute atomic E-state index is 0.235.